The lowest BCUT2D eigenvalue weighted by molar-refractivity contribution is 0.0920. The van der Waals surface area contributed by atoms with Crippen LogP contribution in [0.4, 0.5) is 0 Å². The zero-order chi connectivity index (χ0) is 15.5. The lowest BCUT2D eigenvalue weighted by Gasteiger charge is -2.28. The van der Waals surface area contributed by atoms with E-state index in [-0.39, 0.29) is 24.4 Å². The first kappa shape index (κ1) is 18.0. The van der Waals surface area contributed by atoms with Crippen molar-refractivity contribution in [2.24, 2.45) is 0 Å². The first-order valence-electron chi connectivity index (χ1n) is 7.48. The Labute approximate surface area is 150 Å². The smallest absolute Gasteiger partial charge is 0.270 e. The number of aromatic nitrogens is 2. The first-order chi connectivity index (χ1) is 10.6. The van der Waals surface area contributed by atoms with E-state index in [9.17, 15) is 4.79 Å². The Bertz CT molecular complexity index is 661. The van der Waals surface area contributed by atoms with E-state index in [2.05, 4.69) is 43.7 Å². The molecule has 1 aromatic carbocycles. The Balaban J connectivity index is 0.00000192. The standard InChI is InChI=1S/C16H19BrN4O.ClH/c1-10-9-12(7-8-18-10)19-16(22)15-13(17)14(20-21-15)11-5-3-2-4-6-11;/h2-6,10,12,18H,7-9H2,1H3,(H,19,22)(H,20,21);1H. The maximum absolute atomic E-state index is 12.5. The van der Waals surface area contributed by atoms with Gasteiger partial charge in [-0.3, -0.25) is 9.89 Å². The Morgan fingerprint density at radius 3 is 2.78 bits per heavy atom. The molecule has 0 radical (unpaired) electrons. The lowest BCUT2D eigenvalue weighted by Crippen LogP contribution is -2.46. The molecule has 1 aromatic heterocycles. The van der Waals surface area contributed by atoms with E-state index in [4.69, 9.17) is 0 Å². The van der Waals surface area contributed by atoms with Gasteiger partial charge in [0.1, 0.15) is 11.4 Å². The summed E-state index contributed by atoms with van der Waals surface area (Å²) in [6, 6.07) is 10.4. The number of rotatable bonds is 3. The van der Waals surface area contributed by atoms with Gasteiger partial charge in [-0.25, -0.2) is 0 Å². The summed E-state index contributed by atoms with van der Waals surface area (Å²) < 4.78 is 0.707. The summed E-state index contributed by atoms with van der Waals surface area (Å²) in [7, 11) is 0. The van der Waals surface area contributed by atoms with Crippen LogP contribution < -0.4 is 10.6 Å². The van der Waals surface area contributed by atoms with Crippen LogP contribution >= 0.6 is 28.3 Å². The van der Waals surface area contributed by atoms with Gasteiger partial charge in [0.25, 0.3) is 5.91 Å². The van der Waals surface area contributed by atoms with Crippen molar-refractivity contribution in [3.05, 3.63) is 40.5 Å². The van der Waals surface area contributed by atoms with Gasteiger partial charge in [0.05, 0.1) is 4.47 Å². The molecule has 1 fully saturated rings. The second kappa shape index (κ2) is 7.95. The molecule has 124 valence electrons. The number of halogens is 2. The van der Waals surface area contributed by atoms with E-state index >= 15 is 0 Å². The number of piperidine rings is 1. The number of aromatic amines is 1. The third kappa shape index (κ3) is 4.13. The van der Waals surface area contributed by atoms with Crippen molar-refractivity contribution in [2.75, 3.05) is 6.54 Å². The molecule has 0 bridgehead atoms. The molecule has 0 saturated carbocycles. The quantitative estimate of drug-likeness (QED) is 0.742. The molecular weight excluding hydrogens is 380 g/mol. The first-order valence-corrected chi connectivity index (χ1v) is 8.28. The van der Waals surface area contributed by atoms with E-state index in [1.807, 2.05) is 30.3 Å². The zero-order valence-corrected chi connectivity index (χ0v) is 15.2. The van der Waals surface area contributed by atoms with Crippen LogP contribution in [0.5, 0.6) is 0 Å². The van der Waals surface area contributed by atoms with E-state index in [1.54, 1.807) is 0 Å². The molecule has 0 aliphatic carbocycles. The minimum Gasteiger partial charge on any atom is -0.348 e. The van der Waals surface area contributed by atoms with Gasteiger partial charge in [-0.1, -0.05) is 30.3 Å². The van der Waals surface area contributed by atoms with Crippen LogP contribution in [0.25, 0.3) is 11.3 Å². The second-order valence-corrected chi connectivity index (χ2v) is 6.47. The van der Waals surface area contributed by atoms with E-state index < -0.39 is 0 Å². The summed E-state index contributed by atoms with van der Waals surface area (Å²) in [4.78, 5) is 12.5. The van der Waals surface area contributed by atoms with Crippen LogP contribution in [-0.4, -0.2) is 34.7 Å². The number of nitrogens with one attached hydrogen (secondary N) is 3. The van der Waals surface area contributed by atoms with E-state index in [0.717, 1.165) is 30.6 Å². The van der Waals surface area contributed by atoms with Crippen LogP contribution in [0.2, 0.25) is 0 Å². The van der Waals surface area contributed by atoms with Crippen molar-refractivity contribution in [3.8, 4) is 11.3 Å². The summed E-state index contributed by atoms with van der Waals surface area (Å²) in [5, 5.41) is 13.6. The Kier molecular flexibility index (Phi) is 6.21. The average Bonchev–Trinajstić information content (AvgIpc) is 2.90. The van der Waals surface area contributed by atoms with Gasteiger partial charge in [0.2, 0.25) is 0 Å². The number of carbonyl (C=O) groups excluding carboxylic acids is 1. The third-order valence-electron chi connectivity index (χ3n) is 3.94. The number of hydrogen-bond donors (Lipinski definition) is 3. The highest BCUT2D eigenvalue weighted by Gasteiger charge is 2.23. The van der Waals surface area contributed by atoms with Crippen molar-refractivity contribution in [1.29, 1.82) is 0 Å². The predicted molar refractivity (Wildman–Crippen MR) is 96.9 cm³/mol. The molecule has 5 nitrogen and oxygen atoms in total. The molecule has 2 heterocycles. The van der Waals surface area contributed by atoms with Gasteiger partial charge < -0.3 is 10.6 Å². The van der Waals surface area contributed by atoms with Gasteiger partial charge in [-0.15, -0.1) is 12.4 Å². The molecule has 2 unspecified atom stereocenters. The minimum atomic E-state index is -0.111. The highest BCUT2D eigenvalue weighted by atomic mass is 79.9. The zero-order valence-electron chi connectivity index (χ0n) is 12.8. The molecule has 2 aromatic rings. The molecule has 1 aliphatic heterocycles. The minimum absolute atomic E-state index is 0. The van der Waals surface area contributed by atoms with E-state index in [1.165, 1.54) is 0 Å². The van der Waals surface area contributed by atoms with Crippen molar-refractivity contribution in [3.63, 3.8) is 0 Å². The van der Waals surface area contributed by atoms with Crippen molar-refractivity contribution in [1.82, 2.24) is 20.8 Å². The average molecular weight is 400 g/mol. The number of amides is 1. The second-order valence-electron chi connectivity index (χ2n) is 5.68. The maximum atomic E-state index is 12.5. The van der Waals surface area contributed by atoms with Crippen LogP contribution in [0.15, 0.2) is 34.8 Å². The third-order valence-corrected chi connectivity index (χ3v) is 4.71. The Morgan fingerprint density at radius 2 is 2.09 bits per heavy atom. The molecule has 23 heavy (non-hydrogen) atoms. The number of benzene rings is 1. The summed E-state index contributed by atoms with van der Waals surface area (Å²) >= 11 is 3.50. The fourth-order valence-electron chi connectivity index (χ4n) is 2.79. The van der Waals surface area contributed by atoms with Crippen LogP contribution in [0.1, 0.15) is 30.3 Å². The number of hydrogen-bond acceptors (Lipinski definition) is 3. The molecule has 7 heteroatoms. The van der Waals surface area contributed by atoms with E-state index in [0.29, 0.717) is 16.2 Å². The molecule has 2 atom stereocenters. The lowest BCUT2D eigenvalue weighted by atomic mass is 10.0. The van der Waals surface area contributed by atoms with Crippen LogP contribution in [0, 0.1) is 0 Å². The number of nitrogens with zero attached hydrogens (tertiary/aromatic N) is 1. The highest BCUT2D eigenvalue weighted by Crippen LogP contribution is 2.28. The van der Waals surface area contributed by atoms with Crippen molar-refractivity contribution >= 4 is 34.2 Å². The topological polar surface area (TPSA) is 69.8 Å². The molecule has 1 amide bonds. The molecule has 1 saturated heterocycles. The largest absolute Gasteiger partial charge is 0.348 e. The number of carbonyl (C=O) groups is 1. The van der Waals surface area contributed by atoms with Crippen molar-refractivity contribution < 1.29 is 4.79 Å². The summed E-state index contributed by atoms with van der Waals surface area (Å²) in [5.41, 5.74) is 2.20. The van der Waals surface area contributed by atoms with Gasteiger partial charge in [0, 0.05) is 17.6 Å². The predicted octanol–water partition coefficient (Wildman–Crippen LogP) is 3.13. The summed E-state index contributed by atoms with van der Waals surface area (Å²) in [6.45, 7) is 3.07. The maximum Gasteiger partial charge on any atom is 0.270 e. The van der Waals surface area contributed by atoms with Gasteiger partial charge in [-0.05, 0) is 42.2 Å². The molecule has 3 N–H and O–H groups in total. The highest BCUT2D eigenvalue weighted by molar-refractivity contribution is 9.10. The normalized spacial score (nSPS) is 20.6. The van der Waals surface area contributed by atoms with Gasteiger partial charge in [-0.2, -0.15) is 5.10 Å². The summed E-state index contributed by atoms with van der Waals surface area (Å²) in [5.74, 6) is -0.111. The van der Waals surface area contributed by atoms with Crippen LogP contribution in [-0.2, 0) is 0 Å². The van der Waals surface area contributed by atoms with Gasteiger partial charge in [0.15, 0.2) is 0 Å². The van der Waals surface area contributed by atoms with Crippen LogP contribution in [0.3, 0.4) is 0 Å². The summed E-state index contributed by atoms with van der Waals surface area (Å²) in [6.07, 6.45) is 1.90. The molecule has 1 aliphatic rings. The van der Waals surface area contributed by atoms with Crippen molar-refractivity contribution in [2.45, 2.75) is 31.8 Å². The molecular formula is C16H20BrClN4O. The Hall–Kier alpha value is -1.37. The SMILES string of the molecule is CC1CC(NC(=O)c2[nH]nc(-c3ccccc3)c2Br)CCN1.Cl. The Morgan fingerprint density at radius 1 is 1.35 bits per heavy atom. The number of H-pyrrole nitrogens is 1. The molecule has 3 rings (SSSR count). The fourth-order valence-corrected chi connectivity index (χ4v) is 3.37. The van der Waals surface area contributed by atoms with Gasteiger partial charge >= 0.3 is 0 Å². The monoisotopic (exact) mass is 398 g/mol. The fraction of sp³-hybridized carbons (Fsp3) is 0.375. The molecule has 0 spiro atoms.